The molecule has 0 fully saturated rings. The van der Waals surface area contributed by atoms with E-state index in [2.05, 4.69) is 37.8 Å². The molecule has 0 spiro atoms. The molecule has 1 rings (SSSR count). The van der Waals surface area contributed by atoms with Gasteiger partial charge in [-0.15, -0.1) is 0 Å². The van der Waals surface area contributed by atoms with Gasteiger partial charge in [0.05, 0.1) is 0 Å². The molecule has 0 saturated carbocycles. The minimum absolute atomic E-state index is 0.597. The molecule has 0 aromatic carbocycles. The fraction of sp³-hybridized carbons (Fsp3) is 0.400. The SMILES string of the molecule is C=C1C=CCC1/C=C\CC. The number of hydrogen-bond acceptors (Lipinski definition) is 0. The Hall–Kier alpha value is -0.780. The summed E-state index contributed by atoms with van der Waals surface area (Å²) < 4.78 is 0. The van der Waals surface area contributed by atoms with Crippen LogP contribution in [0.2, 0.25) is 0 Å². The maximum atomic E-state index is 3.95. The van der Waals surface area contributed by atoms with Crippen LogP contribution < -0.4 is 0 Å². The fourth-order valence-electron chi connectivity index (χ4n) is 1.14. The van der Waals surface area contributed by atoms with E-state index >= 15 is 0 Å². The highest BCUT2D eigenvalue weighted by Gasteiger charge is 2.09. The summed E-state index contributed by atoms with van der Waals surface area (Å²) in [5.74, 6) is 0.597. The number of allylic oxidation sites excluding steroid dienone is 5. The molecular formula is C10H14. The summed E-state index contributed by atoms with van der Waals surface area (Å²) >= 11 is 0. The normalized spacial score (nSPS) is 24.9. The van der Waals surface area contributed by atoms with Gasteiger partial charge < -0.3 is 0 Å². The molecule has 0 radical (unpaired) electrons. The molecule has 0 heteroatoms. The maximum absolute atomic E-state index is 3.95. The third kappa shape index (κ3) is 1.60. The van der Waals surface area contributed by atoms with Gasteiger partial charge in [-0.2, -0.15) is 0 Å². The van der Waals surface area contributed by atoms with Gasteiger partial charge >= 0.3 is 0 Å². The largest absolute Gasteiger partial charge is 0.0952 e. The van der Waals surface area contributed by atoms with Crippen molar-refractivity contribution < 1.29 is 0 Å². The summed E-state index contributed by atoms with van der Waals surface area (Å²) in [5, 5.41) is 0. The monoisotopic (exact) mass is 134 g/mol. The molecule has 10 heavy (non-hydrogen) atoms. The second kappa shape index (κ2) is 3.40. The highest BCUT2D eigenvalue weighted by atomic mass is 14.1. The van der Waals surface area contributed by atoms with Gasteiger partial charge in [0.25, 0.3) is 0 Å². The minimum Gasteiger partial charge on any atom is -0.0952 e. The van der Waals surface area contributed by atoms with Gasteiger partial charge in [-0.3, -0.25) is 0 Å². The maximum Gasteiger partial charge on any atom is 0.00466 e. The van der Waals surface area contributed by atoms with Crippen LogP contribution in [0.15, 0.2) is 36.5 Å². The quantitative estimate of drug-likeness (QED) is 0.509. The Morgan fingerprint density at radius 1 is 1.80 bits per heavy atom. The molecule has 1 unspecified atom stereocenters. The van der Waals surface area contributed by atoms with E-state index in [0.29, 0.717) is 5.92 Å². The van der Waals surface area contributed by atoms with Crippen LogP contribution in [0.1, 0.15) is 19.8 Å². The third-order valence-electron chi connectivity index (χ3n) is 1.80. The van der Waals surface area contributed by atoms with Gasteiger partial charge in [-0.1, -0.05) is 37.8 Å². The Bertz CT molecular complexity index is 172. The van der Waals surface area contributed by atoms with E-state index in [-0.39, 0.29) is 0 Å². The molecule has 0 aliphatic heterocycles. The van der Waals surface area contributed by atoms with Gasteiger partial charge in [0.1, 0.15) is 0 Å². The lowest BCUT2D eigenvalue weighted by Crippen LogP contribution is -1.89. The topological polar surface area (TPSA) is 0 Å². The summed E-state index contributed by atoms with van der Waals surface area (Å²) in [6, 6.07) is 0. The standard InChI is InChI=1S/C10H14/c1-3-4-7-10-8-5-6-9(10)2/h4-7,10H,2-3,8H2,1H3/b7-4-. The summed E-state index contributed by atoms with van der Waals surface area (Å²) in [5.41, 5.74) is 1.25. The van der Waals surface area contributed by atoms with Crippen LogP contribution in [0, 0.1) is 5.92 Å². The van der Waals surface area contributed by atoms with Crippen LogP contribution in [0.25, 0.3) is 0 Å². The first-order valence-electron chi connectivity index (χ1n) is 3.86. The highest BCUT2D eigenvalue weighted by molar-refractivity contribution is 5.28. The Labute approximate surface area is 62.9 Å². The molecule has 0 aromatic heterocycles. The second-order valence-corrected chi connectivity index (χ2v) is 2.66. The van der Waals surface area contributed by atoms with Gasteiger partial charge in [-0.25, -0.2) is 0 Å². The van der Waals surface area contributed by atoms with Crippen molar-refractivity contribution in [2.45, 2.75) is 19.8 Å². The smallest absolute Gasteiger partial charge is 0.00466 e. The molecular weight excluding hydrogens is 120 g/mol. The predicted molar refractivity (Wildman–Crippen MR) is 45.8 cm³/mol. The van der Waals surface area contributed by atoms with Crippen LogP contribution in [0.5, 0.6) is 0 Å². The number of hydrogen-bond donors (Lipinski definition) is 0. The lowest BCUT2D eigenvalue weighted by molar-refractivity contribution is 0.830. The van der Waals surface area contributed by atoms with Crippen LogP contribution in [-0.4, -0.2) is 0 Å². The molecule has 0 amide bonds. The van der Waals surface area contributed by atoms with E-state index < -0.39 is 0 Å². The zero-order valence-corrected chi connectivity index (χ0v) is 6.51. The van der Waals surface area contributed by atoms with Crippen molar-refractivity contribution in [2.24, 2.45) is 5.92 Å². The van der Waals surface area contributed by atoms with Crippen LogP contribution in [0.4, 0.5) is 0 Å². The van der Waals surface area contributed by atoms with E-state index in [1.165, 1.54) is 5.57 Å². The first-order chi connectivity index (χ1) is 4.84. The Kier molecular flexibility index (Phi) is 2.49. The van der Waals surface area contributed by atoms with Crippen LogP contribution in [0.3, 0.4) is 0 Å². The van der Waals surface area contributed by atoms with Crippen molar-refractivity contribution in [1.29, 1.82) is 0 Å². The molecule has 0 nitrogen and oxygen atoms in total. The molecule has 1 aliphatic rings. The highest BCUT2D eigenvalue weighted by Crippen LogP contribution is 2.23. The van der Waals surface area contributed by atoms with Crippen molar-refractivity contribution in [1.82, 2.24) is 0 Å². The first kappa shape index (κ1) is 7.33. The van der Waals surface area contributed by atoms with Crippen molar-refractivity contribution in [3.8, 4) is 0 Å². The second-order valence-electron chi connectivity index (χ2n) is 2.66. The third-order valence-corrected chi connectivity index (χ3v) is 1.80. The van der Waals surface area contributed by atoms with Crippen molar-refractivity contribution in [2.75, 3.05) is 0 Å². The van der Waals surface area contributed by atoms with Gasteiger partial charge in [0, 0.05) is 5.92 Å². The molecule has 54 valence electrons. The van der Waals surface area contributed by atoms with E-state index in [1.807, 2.05) is 0 Å². The summed E-state index contributed by atoms with van der Waals surface area (Å²) in [7, 11) is 0. The average Bonchev–Trinajstić information content (AvgIpc) is 2.31. The van der Waals surface area contributed by atoms with E-state index in [9.17, 15) is 0 Å². The summed E-state index contributed by atoms with van der Waals surface area (Å²) in [6.45, 7) is 6.10. The predicted octanol–water partition coefficient (Wildman–Crippen LogP) is 3.08. The van der Waals surface area contributed by atoms with Crippen LogP contribution >= 0.6 is 0 Å². The number of rotatable bonds is 2. The Morgan fingerprint density at radius 2 is 2.60 bits per heavy atom. The first-order valence-corrected chi connectivity index (χ1v) is 3.86. The Balaban J connectivity index is 2.44. The van der Waals surface area contributed by atoms with E-state index in [1.54, 1.807) is 0 Å². The average molecular weight is 134 g/mol. The van der Waals surface area contributed by atoms with Gasteiger partial charge in [0.15, 0.2) is 0 Å². The molecule has 1 atom stereocenters. The zero-order valence-electron chi connectivity index (χ0n) is 6.51. The van der Waals surface area contributed by atoms with Crippen LogP contribution in [-0.2, 0) is 0 Å². The summed E-state index contributed by atoms with van der Waals surface area (Å²) in [4.78, 5) is 0. The molecule has 0 N–H and O–H groups in total. The lowest BCUT2D eigenvalue weighted by Gasteiger charge is -2.02. The molecule has 0 heterocycles. The Morgan fingerprint density at radius 3 is 3.10 bits per heavy atom. The fourth-order valence-corrected chi connectivity index (χ4v) is 1.14. The van der Waals surface area contributed by atoms with Crippen molar-refractivity contribution in [3.05, 3.63) is 36.5 Å². The molecule has 0 aromatic rings. The van der Waals surface area contributed by atoms with Crippen molar-refractivity contribution >= 4 is 0 Å². The zero-order chi connectivity index (χ0) is 7.40. The van der Waals surface area contributed by atoms with Gasteiger partial charge in [-0.05, 0) is 18.4 Å². The van der Waals surface area contributed by atoms with E-state index in [4.69, 9.17) is 0 Å². The molecule has 0 bridgehead atoms. The lowest BCUT2D eigenvalue weighted by atomic mass is 10.0. The minimum atomic E-state index is 0.597. The summed E-state index contributed by atoms with van der Waals surface area (Å²) in [6.07, 6.45) is 11.0. The van der Waals surface area contributed by atoms with Crippen molar-refractivity contribution in [3.63, 3.8) is 0 Å². The molecule has 0 saturated heterocycles. The van der Waals surface area contributed by atoms with Gasteiger partial charge in [0.2, 0.25) is 0 Å². The molecule has 1 aliphatic carbocycles. The van der Waals surface area contributed by atoms with E-state index in [0.717, 1.165) is 12.8 Å².